The number of hydrogen-bond acceptors (Lipinski definition) is 4. The molecule has 2 aromatic rings. The molecule has 1 aliphatic heterocycles. The van der Waals surface area contributed by atoms with Crippen LogP contribution in [0.5, 0.6) is 5.75 Å². The Hall–Kier alpha value is -2.69. The number of para-hydroxylation sites is 2. The van der Waals surface area contributed by atoms with E-state index < -0.39 is 5.92 Å². The highest BCUT2D eigenvalue weighted by Gasteiger charge is 2.36. The number of carbonyl (C=O) groups excluding carboxylic acids is 1. The molecule has 1 aliphatic rings. The third-order valence-corrected chi connectivity index (χ3v) is 6.08. The van der Waals surface area contributed by atoms with Gasteiger partial charge in [-0.2, -0.15) is 0 Å². The SMILES string of the molecule is [C-]#[N+]C1=C(SC)NC(C)=C(C(=O)Nc2ccccc2OC)C1c1ccccc1Br. The van der Waals surface area contributed by atoms with Gasteiger partial charge >= 0.3 is 0 Å². The van der Waals surface area contributed by atoms with E-state index in [1.165, 1.54) is 11.8 Å². The Morgan fingerprint density at radius 1 is 1.24 bits per heavy atom. The van der Waals surface area contributed by atoms with Crippen LogP contribution in [0.1, 0.15) is 18.4 Å². The molecule has 2 N–H and O–H groups in total. The Kier molecular flexibility index (Phi) is 6.68. The maximum atomic E-state index is 13.4. The van der Waals surface area contributed by atoms with Gasteiger partial charge in [-0.05, 0) is 36.9 Å². The maximum Gasteiger partial charge on any atom is 0.253 e. The molecule has 0 saturated carbocycles. The van der Waals surface area contributed by atoms with Crippen LogP contribution < -0.4 is 15.4 Å². The zero-order chi connectivity index (χ0) is 21.0. The molecule has 0 aliphatic carbocycles. The van der Waals surface area contributed by atoms with Crippen LogP contribution >= 0.6 is 27.7 Å². The van der Waals surface area contributed by atoms with Crippen molar-refractivity contribution in [2.75, 3.05) is 18.7 Å². The number of dihydropyridines is 1. The van der Waals surface area contributed by atoms with Crippen LogP contribution in [0.4, 0.5) is 5.69 Å². The molecule has 29 heavy (non-hydrogen) atoms. The van der Waals surface area contributed by atoms with E-state index in [1.807, 2.05) is 49.6 Å². The molecule has 148 valence electrons. The molecule has 1 amide bonds. The first-order valence-corrected chi connectivity index (χ1v) is 10.9. The predicted octanol–water partition coefficient (Wildman–Crippen LogP) is 5.51. The fraction of sp³-hybridized carbons (Fsp3) is 0.182. The van der Waals surface area contributed by atoms with Crippen LogP contribution in [0.2, 0.25) is 0 Å². The summed E-state index contributed by atoms with van der Waals surface area (Å²) in [4.78, 5) is 17.2. The normalized spacial score (nSPS) is 16.2. The standard InChI is InChI=1S/C22H20BrN3O2S/c1-13-18(21(27)26-16-11-7-8-12-17(16)28-3)19(14-9-5-6-10-15(14)23)20(24-2)22(25-13)29-4/h5-12,19,25H,1,3-4H3,(H,26,27). The Morgan fingerprint density at radius 3 is 2.59 bits per heavy atom. The lowest BCUT2D eigenvalue weighted by Crippen LogP contribution is -2.30. The number of nitrogens with zero attached hydrogens (tertiary/aromatic N) is 1. The number of methoxy groups -OCH3 is 1. The monoisotopic (exact) mass is 469 g/mol. The summed E-state index contributed by atoms with van der Waals surface area (Å²) in [5, 5.41) is 6.94. The fourth-order valence-electron chi connectivity index (χ4n) is 3.31. The summed E-state index contributed by atoms with van der Waals surface area (Å²) in [6, 6.07) is 14.9. The predicted molar refractivity (Wildman–Crippen MR) is 121 cm³/mol. The summed E-state index contributed by atoms with van der Waals surface area (Å²) in [5.74, 6) is -0.186. The second-order valence-electron chi connectivity index (χ2n) is 6.30. The molecule has 0 fully saturated rings. The number of ether oxygens (including phenoxy) is 1. The molecule has 0 radical (unpaired) electrons. The van der Waals surface area contributed by atoms with Crippen LogP contribution in [0, 0.1) is 6.57 Å². The Morgan fingerprint density at radius 2 is 1.93 bits per heavy atom. The van der Waals surface area contributed by atoms with Crippen LogP contribution in [-0.2, 0) is 4.79 Å². The van der Waals surface area contributed by atoms with E-state index in [4.69, 9.17) is 11.3 Å². The van der Waals surface area contributed by atoms with E-state index in [0.717, 1.165) is 20.8 Å². The van der Waals surface area contributed by atoms with Gasteiger partial charge in [-0.15, -0.1) is 11.8 Å². The molecule has 0 saturated heterocycles. The smallest absolute Gasteiger partial charge is 0.253 e. The van der Waals surface area contributed by atoms with E-state index in [9.17, 15) is 4.79 Å². The van der Waals surface area contributed by atoms with Crippen LogP contribution in [-0.4, -0.2) is 19.3 Å². The fourth-order valence-corrected chi connectivity index (χ4v) is 4.45. The Balaban J connectivity index is 2.11. The van der Waals surface area contributed by atoms with Gasteiger partial charge in [0, 0.05) is 15.7 Å². The largest absolute Gasteiger partial charge is 0.495 e. The quantitative estimate of drug-likeness (QED) is 0.566. The Bertz CT molecular complexity index is 1060. The highest BCUT2D eigenvalue weighted by molar-refractivity contribution is 9.10. The number of carbonyl (C=O) groups is 1. The second kappa shape index (κ2) is 9.21. The zero-order valence-electron chi connectivity index (χ0n) is 16.2. The topological polar surface area (TPSA) is 54.7 Å². The first-order valence-electron chi connectivity index (χ1n) is 8.84. The van der Waals surface area contributed by atoms with E-state index in [0.29, 0.717) is 22.7 Å². The molecule has 1 atom stereocenters. The number of thioether (sulfide) groups is 1. The minimum atomic E-state index is -0.485. The highest BCUT2D eigenvalue weighted by atomic mass is 79.9. The van der Waals surface area contributed by atoms with Gasteiger partial charge in [0.05, 0.1) is 30.3 Å². The highest BCUT2D eigenvalue weighted by Crippen LogP contribution is 2.43. The summed E-state index contributed by atoms with van der Waals surface area (Å²) >= 11 is 5.05. The van der Waals surface area contributed by atoms with Gasteiger partial charge in [-0.25, -0.2) is 4.85 Å². The molecular weight excluding hydrogens is 450 g/mol. The van der Waals surface area contributed by atoms with Gasteiger partial charge in [-0.1, -0.05) is 46.3 Å². The zero-order valence-corrected chi connectivity index (χ0v) is 18.6. The van der Waals surface area contributed by atoms with Crippen molar-refractivity contribution in [2.45, 2.75) is 12.8 Å². The van der Waals surface area contributed by atoms with Gasteiger partial charge in [0.15, 0.2) is 0 Å². The van der Waals surface area contributed by atoms with Crippen LogP contribution in [0.3, 0.4) is 0 Å². The van der Waals surface area contributed by atoms with Crippen molar-refractivity contribution in [1.29, 1.82) is 0 Å². The number of hydrogen-bond donors (Lipinski definition) is 2. The number of nitrogens with one attached hydrogen (secondary N) is 2. The molecule has 0 bridgehead atoms. The summed E-state index contributed by atoms with van der Waals surface area (Å²) in [6.07, 6.45) is 1.91. The summed E-state index contributed by atoms with van der Waals surface area (Å²) in [7, 11) is 1.56. The molecule has 5 nitrogen and oxygen atoms in total. The number of amides is 1. The van der Waals surface area contributed by atoms with E-state index in [-0.39, 0.29) is 5.91 Å². The molecule has 0 spiro atoms. The minimum Gasteiger partial charge on any atom is -0.495 e. The lowest BCUT2D eigenvalue weighted by molar-refractivity contribution is -0.113. The number of rotatable bonds is 5. The molecule has 0 aromatic heterocycles. The van der Waals surface area contributed by atoms with Gasteiger partial charge in [0.1, 0.15) is 5.75 Å². The van der Waals surface area contributed by atoms with Gasteiger partial charge < -0.3 is 15.4 Å². The third-order valence-electron chi connectivity index (χ3n) is 4.64. The summed E-state index contributed by atoms with van der Waals surface area (Å²) < 4.78 is 6.20. The maximum absolute atomic E-state index is 13.4. The lowest BCUT2D eigenvalue weighted by atomic mass is 9.85. The van der Waals surface area contributed by atoms with Crippen molar-refractivity contribution in [3.8, 4) is 5.75 Å². The van der Waals surface area contributed by atoms with Gasteiger partial charge in [-0.3, -0.25) is 4.79 Å². The molecule has 1 heterocycles. The Labute approximate surface area is 183 Å². The van der Waals surface area contributed by atoms with Crippen LogP contribution in [0.15, 0.2) is 75.0 Å². The van der Waals surface area contributed by atoms with E-state index in [1.54, 1.807) is 19.2 Å². The number of allylic oxidation sites excluding steroid dienone is 2. The first-order chi connectivity index (χ1) is 14.0. The molecule has 7 heteroatoms. The average Bonchev–Trinajstić information content (AvgIpc) is 2.73. The lowest BCUT2D eigenvalue weighted by Gasteiger charge is -2.30. The molecule has 1 unspecified atom stereocenters. The van der Waals surface area contributed by atoms with Crippen molar-refractivity contribution in [3.63, 3.8) is 0 Å². The molecular formula is C22H20BrN3O2S. The second-order valence-corrected chi connectivity index (χ2v) is 7.97. The average molecular weight is 470 g/mol. The van der Waals surface area contributed by atoms with E-state index >= 15 is 0 Å². The number of halogens is 1. The van der Waals surface area contributed by atoms with Crippen molar-refractivity contribution in [1.82, 2.24) is 5.32 Å². The van der Waals surface area contributed by atoms with Gasteiger partial charge in [0.25, 0.3) is 5.91 Å². The number of benzene rings is 2. The molecule has 2 aromatic carbocycles. The first kappa shape index (κ1) is 21.0. The minimum absolute atomic E-state index is 0.276. The van der Waals surface area contributed by atoms with Crippen molar-refractivity contribution < 1.29 is 9.53 Å². The van der Waals surface area contributed by atoms with Crippen molar-refractivity contribution in [3.05, 3.63) is 92.0 Å². The van der Waals surface area contributed by atoms with Crippen molar-refractivity contribution in [2.24, 2.45) is 0 Å². The van der Waals surface area contributed by atoms with Crippen LogP contribution in [0.25, 0.3) is 4.85 Å². The third kappa shape index (κ3) is 4.19. The summed E-state index contributed by atoms with van der Waals surface area (Å²) in [6.45, 7) is 9.65. The molecule has 3 rings (SSSR count). The van der Waals surface area contributed by atoms with E-state index in [2.05, 4.69) is 31.4 Å². The number of anilines is 1. The van der Waals surface area contributed by atoms with Crippen molar-refractivity contribution >= 4 is 39.3 Å². The summed E-state index contributed by atoms with van der Waals surface area (Å²) in [5.41, 5.74) is 3.17. The van der Waals surface area contributed by atoms with Gasteiger partial charge in [0.2, 0.25) is 5.70 Å².